The van der Waals surface area contributed by atoms with E-state index in [2.05, 4.69) is 40.0 Å². The summed E-state index contributed by atoms with van der Waals surface area (Å²) in [6.45, 7) is 7.10. The van der Waals surface area contributed by atoms with Gasteiger partial charge in [-0.1, -0.05) is 29.8 Å². The average molecular weight is 356 g/mol. The Morgan fingerprint density at radius 1 is 1.43 bits per heavy atom. The van der Waals surface area contributed by atoms with E-state index in [0.717, 1.165) is 42.6 Å². The van der Waals surface area contributed by atoms with Crippen molar-refractivity contribution in [2.45, 2.75) is 32.7 Å². The third-order valence-corrected chi connectivity index (χ3v) is 4.25. The van der Waals surface area contributed by atoms with Gasteiger partial charge < -0.3 is 10.2 Å². The minimum atomic E-state index is -0.283. The van der Waals surface area contributed by atoms with Gasteiger partial charge in [0.15, 0.2) is 0 Å². The fourth-order valence-electron chi connectivity index (χ4n) is 2.84. The summed E-state index contributed by atoms with van der Waals surface area (Å²) < 4.78 is 0.743. The molecule has 1 heterocycles. The number of hydrogen-bond acceptors (Lipinski definition) is 4. The first-order chi connectivity index (χ1) is 9.99. The second-order valence-corrected chi connectivity index (χ2v) is 6.83. The molecule has 0 saturated carbocycles. The molecule has 2 rings (SSSR count). The van der Waals surface area contributed by atoms with E-state index >= 15 is 0 Å². The summed E-state index contributed by atoms with van der Waals surface area (Å²) in [4.78, 5) is 13.3. The van der Waals surface area contributed by atoms with Gasteiger partial charge in [0.1, 0.15) is 5.69 Å². The molecule has 21 heavy (non-hydrogen) atoms. The molecule has 0 amide bonds. The van der Waals surface area contributed by atoms with Gasteiger partial charge in [-0.2, -0.15) is 0 Å². The Labute approximate surface area is 134 Å². The maximum Gasteiger partial charge on any atom is 0.293 e. The molecule has 0 atom stereocenters. The Morgan fingerprint density at radius 2 is 2.10 bits per heavy atom. The van der Waals surface area contributed by atoms with Crippen LogP contribution < -0.4 is 10.2 Å². The standard InChI is InChI=1S/C15H22BrN3O2/c1-11(2)10-18(13-5-7-17-8-6-13)14-4-3-12(16)9-15(14)19(20)21/h3-4,9,11,13,17H,5-8,10H2,1-2H3. The Hall–Kier alpha value is -1.14. The normalized spacial score (nSPS) is 16.2. The summed E-state index contributed by atoms with van der Waals surface area (Å²) >= 11 is 3.33. The number of benzene rings is 1. The number of hydrogen-bond donors (Lipinski definition) is 1. The van der Waals surface area contributed by atoms with Crippen LogP contribution in [0.5, 0.6) is 0 Å². The molecule has 1 aromatic rings. The highest BCUT2D eigenvalue weighted by atomic mass is 79.9. The van der Waals surface area contributed by atoms with Gasteiger partial charge in [-0.15, -0.1) is 0 Å². The third kappa shape index (κ3) is 4.17. The SMILES string of the molecule is CC(C)CN(c1ccc(Br)cc1[N+](=O)[O-])C1CCNCC1. The molecule has 1 aromatic carbocycles. The van der Waals surface area contributed by atoms with Crippen LogP contribution >= 0.6 is 15.9 Å². The molecule has 0 radical (unpaired) electrons. The molecule has 116 valence electrons. The number of halogens is 1. The molecule has 6 heteroatoms. The number of nitrogens with one attached hydrogen (secondary N) is 1. The van der Waals surface area contributed by atoms with Gasteiger partial charge in [0.05, 0.1) is 4.92 Å². The number of piperidine rings is 1. The first kappa shape index (κ1) is 16.2. The van der Waals surface area contributed by atoms with Crippen molar-refractivity contribution in [3.05, 3.63) is 32.8 Å². The highest BCUT2D eigenvalue weighted by Crippen LogP contribution is 2.34. The average Bonchev–Trinajstić information content (AvgIpc) is 2.45. The fraction of sp³-hybridized carbons (Fsp3) is 0.600. The van der Waals surface area contributed by atoms with Crippen molar-refractivity contribution >= 4 is 27.3 Å². The van der Waals surface area contributed by atoms with Crippen molar-refractivity contribution in [1.82, 2.24) is 5.32 Å². The molecular weight excluding hydrogens is 334 g/mol. The van der Waals surface area contributed by atoms with E-state index in [1.165, 1.54) is 0 Å². The fourth-order valence-corrected chi connectivity index (χ4v) is 3.19. The second-order valence-electron chi connectivity index (χ2n) is 5.92. The number of anilines is 1. The molecule has 0 aliphatic carbocycles. The highest BCUT2D eigenvalue weighted by molar-refractivity contribution is 9.10. The maximum atomic E-state index is 11.4. The van der Waals surface area contributed by atoms with Gasteiger partial charge in [0.25, 0.3) is 5.69 Å². The zero-order valence-corrected chi connectivity index (χ0v) is 14.1. The summed E-state index contributed by atoms with van der Waals surface area (Å²) in [6, 6.07) is 5.72. The summed E-state index contributed by atoms with van der Waals surface area (Å²) in [5.41, 5.74) is 0.923. The zero-order chi connectivity index (χ0) is 15.4. The van der Waals surface area contributed by atoms with Crippen LogP contribution in [0.2, 0.25) is 0 Å². The van der Waals surface area contributed by atoms with Crippen LogP contribution in [-0.2, 0) is 0 Å². The first-order valence-corrected chi connectivity index (χ1v) is 8.19. The number of rotatable bonds is 5. The molecule has 0 spiro atoms. The summed E-state index contributed by atoms with van der Waals surface area (Å²) in [5.74, 6) is 0.461. The largest absolute Gasteiger partial charge is 0.363 e. The predicted molar refractivity (Wildman–Crippen MR) is 88.9 cm³/mol. The lowest BCUT2D eigenvalue weighted by atomic mass is 10.0. The van der Waals surface area contributed by atoms with Gasteiger partial charge >= 0.3 is 0 Å². The van der Waals surface area contributed by atoms with Crippen molar-refractivity contribution in [1.29, 1.82) is 0 Å². The molecule has 0 aromatic heterocycles. The van der Waals surface area contributed by atoms with E-state index in [1.807, 2.05) is 12.1 Å². The van der Waals surface area contributed by atoms with E-state index in [-0.39, 0.29) is 10.6 Å². The van der Waals surface area contributed by atoms with Crippen LogP contribution in [0, 0.1) is 16.0 Å². The molecule has 1 saturated heterocycles. The van der Waals surface area contributed by atoms with E-state index in [0.29, 0.717) is 12.0 Å². The van der Waals surface area contributed by atoms with E-state index in [1.54, 1.807) is 6.07 Å². The van der Waals surface area contributed by atoms with Crippen molar-refractivity contribution < 1.29 is 4.92 Å². The second kappa shape index (κ2) is 7.22. The maximum absolute atomic E-state index is 11.4. The van der Waals surface area contributed by atoms with Crippen LogP contribution in [0.3, 0.4) is 0 Å². The predicted octanol–water partition coefficient (Wildman–Crippen LogP) is 3.57. The molecular formula is C15H22BrN3O2. The molecule has 0 unspecified atom stereocenters. The third-order valence-electron chi connectivity index (χ3n) is 3.75. The topological polar surface area (TPSA) is 58.4 Å². The Kier molecular flexibility index (Phi) is 5.58. The van der Waals surface area contributed by atoms with E-state index in [4.69, 9.17) is 0 Å². The zero-order valence-electron chi connectivity index (χ0n) is 12.5. The first-order valence-electron chi connectivity index (χ1n) is 7.40. The van der Waals surface area contributed by atoms with Crippen LogP contribution in [0.4, 0.5) is 11.4 Å². The number of nitro groups is 1. The van der Waals surface area contributed by atoms with Crippen molar-refractivity contribution in [3.8, 4) is 0 Å². The highest BCUT2D eigenvalue weighted by Gasteiger charge is 2.27. The minimum absolute atomic E-state index is 0.184. The van der Waals surface area contributed by atoms with E-state index < -0.39 is 0 Å². The molecule has 1 aliphatic rings. The Bertz CT molecular complexity index is 502. The Balaban J connectivity index is 2.37. The van der Waals surface area contributed by atoms with Crippen LogP contribution in [0.15, 0.2) is 22.7 Å². The van der Waals surface area contributed by atoms with Gasteiger partial charge in [-0.25, -0.2) is 0 Å². The number of nitro benzene ring substituents is 1. The lowest BCUT2D eigenvalue weighted by Gasteiger charge is -2.37. The molecule has 0 bridgehead atoms. The molecule has 5 nitrogen and oxygen atoms in total. The summed E-state index contributed by atoms with van der Waals surface area (Å²) in [6.07, 6.45) is 2.06. The van der Waals surface area contributed by atoms with Crippen LogP contribution in [0.25, 0.3) is 0 Å². The van der Waals surface area contributed by atoms with Gasteiger partial charge in [-0.3, -0.25) is 10.1 Å². The summed E-state index contributed by atoms with van der Waals surface area (Å²) in [5, 5.41) is 14.7. The van der Waals surface area contributed by atoms with Gasteiger partial charge in [0.2, 0.25) is 0 Å². The monoisotopic (exact) mass is 355 g/mol. The van der Waals surface area contributed by atoms with Crippen LogP contribution in [-0.4, -0.2) is 30.6 Å². The lowest BCUT2D eigenvalue weighted by Crippen LogP contribution is -2.45. The lowest BCUT2D eigenvalue weighted by molar-refractivity contribution is -0.384. The van der Waals surface area contributed by atoms with Crippen molar-refractivity contribution in [2.75, 3.05) is 24.5 Å². The Morgan fingerprint density at radius 3 is 2.67 bits per heavy atom. The van der Waals surface area contributed by atoms with Gasteiger partial charge in [-0.05, 0) is 44.0 Å². The van der Waals surface area contributed by atoms with Crippen molar-refractivity contribution in [3.63, 3.8) is 0 Å². The van der Waals surface area contributed by atoms with E-state index in [9.17, 15) is 10.1 Å². The molecule has 1 aliphatic heterocycles. The van der Waals surface area contributed by atoms with Crippen LogP contribution in [0.1, 0.15) is 26.7 Å². The minimum Gasteiger partial charge on any atom is -0.363 e. The van der Waals surface area contributed by atoms with Crippen molar-refractivity contribution in [2.24, 2.45) is 5.92 Å². The number of nitrogens with zero attached hydrogens (tertiary/aromatic N) is 2. The summed E-state index contributed by atoms with van der Waals surface area (Å²) in [7, 11) is 0. The molecule has 1 N–H and O–H groups in total. The van der Waals surface area contributed by atoms with Gasteiger partial charge in [0, 0.05) is 23.1 Å². The molecule has 1 fully saturated rings. The smallest absolute Gasteiger partial charge is 0.293 e. The quantitative estimate of drug-likeness (QED) is 0.647.